The highest BCUT2D eigenvalue weighted by Gasteiger charge is 2.56. The van der Waals surface area contributed by atoms with Gasteiger partial charge in [0.2, 0.25) is 0 Å². The van der Waals surface area contributed by atoms with Gasteiger partial charge in [-0.05, 0) is 13.8 Å². The summed E-state index contributed by atoms with van der Waals surface area (Å²) < 4.78 is 45.8. The third-order valence-electron chi connectivity index (χ3n) is 5.46. The zero-order valence-electron chi connectivity index (χ0n) is 17.8. The molecule has 0 aliphatic carbocycles. The van der Waals surface area contributed by atoms with Crippen LogP contribution in [0, 0.1) is 0 Å². The molecular formula is C19H23N6O7P. The first-order chi connectivity index (χ1) is 15.8. The minimum absolute atomic E-state index is 0.236. The topological polar surface area (TPSA) is 168 Å². The van der Waals surface area contributed by atoms with Crippen LogP contribution in [-0.2, 0) is 32.5 Å². The summed E-state index contributed by atoms with van der Waals surface area (Å²) in [5.74, 6) is 9.05. The van der Waals surface area contributed by atoms with Gasteiger partial charge >= 0.3 is 7.82 Å². The van der Waals surface area contributed by atoms with E-state index in [9.17, 15) is 4.57 Å². The van der Waals surface area contributed by atoms with Gasteiger partial charge in [-0.3, -0.25) is 9.09 Å². The standard InChI is InChI=1S/C19H23N6O7P/c1-19(2)29-15-12(8-27-33(26,31-20)32-21)28-18(16(15)30-19)25-10-24-14-13(22-9-23-17(14)25)11-6-4-3-5-7-11/h3-7,9-10,12,15-16,18H,8,20-21H2,1-2H3/t12-,15-,16-,18-/m1/s1. The molecule has 2 aliphatic rings. The van der Waals surface area contributed by atoms with Crippen LogP contribution in [0.3, 0.4) is 0 Å². The molecule has 176 valence electrons. The molecule has 4 atom stereocenters. The van der Waals surface area contributed by atoms with Gasteiger partial charge in [0.25, 0.3) is 0 Å². The average molecular weight is 478 g/mol. The second-order valence-corrected chi connectivity index (χ2v) is 9.57. The maximum atomic E-state index is 12.1. The molecule has 4 heterocycles. The van der Waals surface area contributed by atoms with Gasteiger partial charge in [0.15, 0.2) is 17.7 Å². The molecule has 14 heteroatoms. The summed E-state index contributed by atoms with van der Waals surface area (Å²) in [7, 11) is -4.12. The van der Waals surface area contributed by atoms with Gasteiger partial charge in [0, 0.05) is 5.56 Å². The molecule has 2 saturated heterocycles. The lowest BCUT2D eigenvalue weighted by Gasteiger charge is -2.25. The van der Waals surface area contributed by atoms with E-state index in [1.807, 2.05) is 30.3 Å². The van der Waals surface area contributed by atoms with Crippen LogP contribution >= 0.6 is 7.82 Å². The predicted octanol–water partition coefficient (Wildman–Crippen LogP) is 1.82. The SMILES string of the molecule is CC1(C)O[C@@H]2[C@H](O1)[C@@H](COP(=O)(ON)ON)O[C@H]2n1cnc2c(-c3ccccc3)ncnc21. The van der Waals surface area contributed by atoms with Gasteiger partial charge in [-0.1, -0.05) is 30.3 Å². The van der Waals surface area contributed by atoms with Gasteiger partial charge in [0.1, 0.15) is 35.8 Å². The number of benzene rings is 1. The Labute approximate surface area is 188 Å². The van der Waals surface area contributed by atoms with Crippen LogP contribution in [0.4, 0.5) is 0 Å². The molecule has 13 nitrogen and oxygen atoms in total. The Kier molecular flexibility index (Phi) is 5.77. The molecular weight excluding hydrogens is 455 g/mol. The number of aromatic nitrogens is 4. The van der Waals surface area contributed by atoms with E-state index in [1.54, 1.807) is 24.7 Å². The van der Waals surface area contributed by atoms with Crippen molar-refractivity contribution >= 4 is 19.0 Å². The van der Waals surface area contributed by atoms with Crippen molar-refractivity contribution in [3.63, 3.8) is 0 Å². The first-order valence-corrected chi connectivity index (χ1v) is 11.6. The molecule has 0 spiro atoms. The van der Waals surface area contributed by atoms with Crippen LogP contribution < -0.4 is 11.8 Å². The predicted molar refractivity (Wildman–Crippen MR) is 113 cm³/mol. The van der Waals surface area contributed by atoms with Gasteiger partial charge in [-0.15, -0.1) is 0 Å². The fourth-order valence-corrected chi connectivity index (χ4v) is 4.61. The monoisotopic (exact) mass is 478 g/mol. The highest BCUT2D eigenvalue weighted by atomic mass is 31.2. The molecule has 0 saturated carbocycles. The number of nitrogens with zero attached hydrogens (tertiary/aromatic N) is 4. The number of rotatable bonds is 7. The number of nitrogens with two attached hydrogens (primary N) is 2. The lowest BCUT2D eigenvalue weighted by atomic mass is 10.1. The second-order valence-electron chi connectivity index (χ2n) is 8.00. The number of fused-ring (bicyclic) bond motifs is 2. The summed E-state index contributed by atoms with van der Waals surface area (Å²) in [6.45, 7) is 3.34. The van der Waals surface area contributed by atoms with Crippen molar-refractivity contribution in [3.05, 3.63) is 43.0 Å². The molecule has 1 aromatic carbocycles. The van der Waals surface area contributed by atoms with E-state index in [2.05, 4.69) is 24.2 Å². The van der Waals surface area contributed by atoms with E-state index < -0.39 is 38.1 Å². The molecule has 33 heavy (non-hydrogen) atoms. The summed E-state index contributed by atoms with van der Waals surface area (Å²) in [5, 5.41) is 0. The maximum absolute atomic E-state index is 12.1. The van der Waals surface area contributed by atoms with Gasteiger partial charge in [-0.2, -0.15) is 9.25 Å². The molecule has 0 bridgehead atoms. The van der Waals surface area contributed by atoms with Crippen LogP contribution in [0.15, 0.2) is 43.0 Å². The Morgan fingerprint density at radius 3 is 2.55 bits per heavy atom. The van der Waals surface area contributed by atoms with E-state index in [4.69, 9.17) is 30.5 Å². The Morgan fingerprint density at radius 1 is 1.09 bits per heavy atom. The molecule has 0 amide bonds. The van der Waals surface area contributed by atoms with E-state index in [1.165, 1.54) is 6.33 Å². The smallest absolute Gasteiger partial charge is 0.347 e. The largest absolute Gasteiger partial charge is 0.507 e. The van der Waals surface area contributed by atoms with E-state index in [-0.39, 0.29) is 6.61 Å². The summed E-state index contributed by atoms with van der Waals surface area (Å²) in [4.78, 5) is 13.4. The quantitative estimate of drug-likeness (QED) is 0.374. The normalized spacial score (nSPS) is 26.7. The Balaban J connectivity index is 1.48. The minimum atomic E-state index is -4.12. The van der Waals surface area contributed by atoms with Crippen molar-refractivity contribution in [1.29, 1.82) is 0 Å². The second kappa shape index (κ2) is 8.47. The Bertz CT molecular complexity index is 1180. The van der Waals surface area contributed by atoms with Gasteiger partial charge in [-0.25, -0.2) is 31.3 Å². The molecule has 2 aromatic heterocycles. The number of hydrogen-bond donors (Lipinski definition) is 2. The fraction of sp³-hybridized carbons (Fsp3) is 0.421. The molecule has 3 aromatic rings. The molecule has 2 fully saturated rings. The Hall–Kier alpha value is -2.32. The lowest BCUT2D eigenvalue weighted by Crippen LogP contribution is -2.33. The highest BCUT2D eigenvalue weighted by Crippen LogP contribution is 2.48. The zero-order chi connectivity index (χ0) is 23.2. The van der Waals surface area contributed by atoms with Crippen LogP contribution in [0.5, 0.6) is 0 Å². The first kappa shape index (κ1) is 22.5. The first-order valence-electron chi connectivity index (χ1n) is 10.1. The summed E-state index contributed by atoms with van der Waals surface area (Å²) in [6, 6.07) is 9.68. The van der Waals surface area contributed by atoms with Crippen LogP contribution in [0.1, 0.15) is 20.1 Å². The summed E-state index contributed by atoms with van der Waals surface area (Å²) >= 11 is 0. The van der Waals surface area contributed by atoms with Crippen molar-refractivity contribution in [3.8, 4) is 11.3 Å². The number of hydrogen-bond acceptors (Lipinski definition) is 12. The molecule has 0 radical (unpaired) electrons. The van der Waals surface area contributed by atoms with Crippen LogP contribution in [-0.4, -0.2) is 50.2 Å². The van der Waals surface area contributed by atoms with Crippen LogP contribution in [0.2, 0.25) is 0 Å². The number of ether oxygens (including phenoxy) is 3. The van der Waals surface area contributed by atoms with E-state index in [0.717, 1.165) is 5.56 Å². The minimum Gasteiger partial charge on any atom is -0.347 e. The van der Waals surface area contributed by atoms with E-state index >= 15 is 0 Å². The average Bonchev–Trinajstić information content (AvgIpc) is 3.48. The lowest BCUT2D eigenvalue weighted by molar-refractivity contribution is -0.199. The molecule has 2 aliphatic heterocycles. The molecule has 5 rings (SSSR count). The molecule has 4 N–H and O–H groups in total. The summed E-state index contributed by atoms with van der Waals surface area (Å²) in [6.07, 6.45) is 0.640. The third kappa shape index (κ3) is 4.08. The van der Waals surface area contributed by atoms with Gasteiger partial charge in [0.05, 0.1) is 12.9 Å². The van der Waals surface area contributed by atoms with Crippen molar-refractivity contribution < 1.29 is 32.5 Å². The van der Waals surface area contributed by atoms with Crippen molar-refractivity contribution in [2.45, 2.75) is 44.2 Å². The number of phosphoric acid groups is 1. The van der Waals surface area contributed by atoms with Crippen molar-refractivity contribution in [1.82, 2.24) is 19.5 Å². The van der Waals surface area contributed by atoms with Crippen molar-refractivity contribution in [2.75, 3.05) is 6.61 Å². The summed E-state index contributed by atoms with van der Waals surface area (Å²) in [5.41, 5.74) is 2.77. The highest BCUT2D eigenvalue weighted by molar-refractivity contribution is 7.48. The van der Waals surface area contributed by atoms with Gasteiger partial charge < -0.3 is 14.2 Å². The number of imidazole rings is 1. The zero-order valence-corrected chi connectivity index (χ0v) is 18.7. The van der Waals surface area contributed by atoms with E-state index in [0.29, 0.717) is 16.9 Å². The van der Waals surface area contributed by atoms with Crippen LogP contribution in [0.25, 0.3) is 22.4 Å². The Morgan fingerprint density at radius 2 is 1.82 bits per heavy atom. The fourth-order valence-electron chi connectivity index (χ4n) is 4.11. The van der Waals surface area contributed by atoms with Crippen molar-refractivity contribution in [2.24, 2.45) is 11.8 Å². The molecule has 0 unspecified atom stereocenters. The third-order valence-corrected chi connectivity index (χ3v) is 6.44. The maximum Gasteiger partial charge on any atom is 0.507 e.